The number of esters is 1. The number of nitrogens with one attached hydrogen (secondary N) is 3. The lowest BCUT2D eigenvalue weighted by atomic mass is 9.95. The van der Waals surface area contributed by atoms with Crippen molar-refractivity contribution in [3.63, 3.8) is 0 Å². The normalized spacial score (nSPS) is 15.1. The minimum atomic E-state index is -0.801. The van der Waals surface area contributed by atoms with Crippen molar-refractivity contribution < 1.29 is 23.9 Å². The number of amides is 3. The molecule has 1 unspecified atom stereocenters. The van der Waals surface area contributed by atoms with E-state index in [9.17, 15) is 14.4 Å². The predicted molar refractivity (Wildman–Crippen MR) is 141 cm³/mol. The second-order valence-corrected chi connectivity index (χ2v) is 8.17. The summed E-state index contributed by atoms with van der Waals surface area (Å²) in [5.74, 6) is -0.669. The number of hydrogen-bond acceptors (Lipinski definition) is 7. The van der Waals surface area contributed by atoms with Crippen LogP contribution < -0.4 is 25.7 Å². The van der Waals surface area contributed by atoms with Crippen LogP contribution in [0, 0.1) is 0 Å². The largest absolute Gasteiger partial charge is 0.483 e. The fraction of sp³-hybridized carbons (Fsp3) is 0.333. The molecule has 0 radical (unpaired) electrons. The maximum absolute atomic E-state index is 12.6. The highest BCUT2D eigenvalue weighted by atomic mass is 16.5. The van der Waals surface area contributed by atoms with Gasteiger partial charge in [0.15, 0.2) is 6.61 Å². The van der Waals surface area contributed by atoms with Gasteiger partial charge in [0.25, 0.3) is 5.91 Å². The van der Waals surface area contributed by atoms with Gasteiger partial charge < -0.3 is 25.0 Å². The smallest absolute Gasteiger partial charge is 0.338 e. The first-order chi connectivity index (χ1) is 17.9. The van der Waals surface area contributed by atoms with E-state index in [0.29, 0.717) is 17.0 Å². The maximum Gasteiger partial charge on any atom is 0.338 e. The Kier molecular flexibility index (Phi) is 9.65. The molecule has 0 aromatic heterocycles. The van der Waals surface area contributed by atoms with Crippen LogP contribution in [0.2, 0.25) is 0 Å². The molecule has 0 aliphatic carbocycles. The van der Waals surface area contributed by atoms with Crippen LogP contribution in [0.5, 0.6) is 5.75 Å². The van der Waals surface area contributed by atoms with Gasteiger partial charge >= 0.3 is 12.0 Å². The van der Waals surface area contributed by atoms with E-state index in [2.05, 4.69) is 39.9 Å². The third-order valence-corrected chi connectivity index (χ3v) is 5.78. The number of carbonyl (C=O) groups excluding carboxylic acids is 3. The van der Waals surface area contributed by atoms with Crippen molar-refractivity contribution in [2.45, 2.75) is 33.7 Å². The van der Waals surface area contributed by atoms with Crippen molar-refractivity contribution in [3.05, 3.63) is 70.9 Å². The number of carbonyl (C=O) groups is 3. The molecule has 1 atom stereocenters. The highest BCUT2D eigenvalue weighted by Crippen LogP contribution is 2.33. The third kappa shape index (κ3) is 7.09. The Balaban J connectivity index is 1.65. The maximum atomic E-state index is 12.6. The molecule has 10 heteroatoms. The summed E-state index contributed by atoms with van der Waals surface area (Å²) < 4.78 is 10.9. The first kappa shape index (κ1) is 27.3. The van der Waals surface area contributed by atoms with Crippen LogP contribution in [0.25, 0.3) is 0 Å². The first-order valence-corrected chi connectivity index (χ1v) is 12.2. The van der Waals surface area contributed by atoms with Gasteiger partial charge in [0.1, 0.15) is 5.75 Å². The lowest BCUT2D eigenvalue weighted by Gasteiger charge is -2.29. The number of anilines is 1. The third-order valence-electron chi connectivity index (χ3n) is 5.78. The number of nitrogens with zero attached hydrogens (tertiary/aromatic N) is 2. The van der Waals surface area contributed by atoms with Gasteiger partial charge in [0, 0.05) is 30.0 Å². The zero-order valence-corrected chi connectivity index (χ0v) is 21.5. The number of urea groups is 1. The van der Waals surface area contributed by atoms with E-state index in [4.69, 9.17) is 9.47 Å². The summed E-state index contributed by atoms with van der Waals surface area (Å²) in [7, 11) is 0. The zero-order chi connectivity index (χ0) is 26.8. The lowest BCUT2D eigenvalue weighted by Crippen LogP contribution is -2.45. The number of para-hydroxylation sites is 1. The van der Waals surface area contributed by atoms with Gasteiger partial charge in [-0.3, -0.25) is 4.79 Å². The molecule has 2 aromatic rings. The quantitative estimate of drug-likeness (QED) is 0.244. The molecule has 10 nitrogen and oxygen atoms in total. The molecule has 3 N–H and O–H groups in total. The van der Waals surface area contributed by atoms with Crippen molar-refractivity contribution >= 4 is 29.8 Å². The van der Waals surface area contributed by atoms with Crippen LogP contribution in [-0.4, -0.2) is 50.4 Å². The number of ether oxygens (including phenoxy) is 2. The van der Waals surface area contributed by atoms with Gasteiger partial charge in [-0.1, -0.05) is 30.3 Å². The highest BCUT2D eigenvalue weighted by Gasteiger charge is 2.33. The summed E-state index contributed by atoms with van der Waals surface area (Å²) in [6.45, 7) is 9.27. The molecule has 196 valence electrons. The van der Waals surface area contributed by atoms with Crippen molar-refractivity contribution in [1.29, 1.82) is 0 Å². The molecule has 1 heterocycles. The van der Waals surface area contributed by atoms with Gasteiger partial charge in [0.2, 0.25) is 0 Å². The fourth-order valence-electron chi connectivity index (χ4n) is 3.97. The summed E-state index contributed by atoms with van der Waals surface area (Å²) in [5.41, 5.74) is 5.59. The van der Waals surface area contributed by atoms with Gasteiger partial charge in [0.05, 0.1) is 24.4 Å². The minimum Gasteiger partial charge on any atom is -0.483 e. The lowest BCUT2D eigenvalue weighted by molar-refractivity contribution is -0.139. The van der Waals surface area contributed by atoms with Crippen LogP contribution in [0.3, 0.4) is 0 Å². The molecule has 0 spiro atoms. The van der Waals surface area contributed by atoms with Crippen molar-refractivity contribution in [1.82, 2.24) is 16.1 Å². The Morgan fingerprint density at radius 2 is 1.78 bits per heavy atom. The summed E-state index contributed by atoms with van der Waals surface area (Å²) in [4.78, 5) is 39.3. The first-order valence-electron chi connectivity index (χ1n) is 12.2. The number of hydrogen-bond donors (Lipinski definition) is 3. The standard InChI is InChI=1S/C27H33N5O5/c1-5-32(6-2)20-14-12-19(13-15-20)16-28-31-23(33)17-37-22-11-9-8-10-21(22)25-24(26(34)36-7-3)18(4)29-27(35)30-25/h8-16,25H,5-7,17H2,1-4H3,(H,31,33)(H2,29,30,35). The number of rotatable bonds is 11. The van der Waals surface area contributed by atoms with E-state index < -0.39 is 23.9 Å². The van der Waals surface area contributed by atoms with Crippen LogP contribution in [-0.2, 0) is 14.3 Å². The van der Waals surface area contributed by atoms with Crippen LogP contribution >= 0.6 is 0 Å². The Bertz CT molecular complexity index is 1170. The molecule has 2 aromatic carbocycles. The highest BCUT2D eigenvalue weighted by molar-refractivity contribution is 5.95. The molecule has 1 aliphatic heterocycles. The van der Waals surface area contributed by atoms with Gasteiger partial charge in [-0.05, 0) is 51.5 Å². The Morgan fingerprint density at radius 1 is 1.08 bits per heavy atom. The fourth-order valence-corrected chi connectivity index (χ4v) is 3.97. The van der Waals surface area contributed by atoms with Crippen LogP contribution in [0.1, 0.15) is 44.9 Å². The molecule has 0 saturated heterocycles. The van der Waals surface area contributed by atoms with Crippen LogP contribution in [0.4, 0.5) is 10.5 Å². The Hall–Kier alpha value is -4.34. The van der Waals surface area contributed by atoms with Gasteiger partial charge in [-0.15, -0.1) is 0 Å². The molecule has 37 heavy (non-hydrogen) atoms. The number of hydrazone groups is 1. The SMILES string of the molecule is CCOC(=O)C1=C(C)NC(=O)NC1c1ccccc1OCC(=O)NN=Cc1ccc(N(CC)CC)cc1. The number of benzene rings is 2. The van der Waals surface area contributed by atoms with Crippen LogP contribution in [0.15, 0.2) is 64.9 Å². The molecule has 3 rings (SSSR count). The van der Waals surface area contributed by atoms with E-state index >= 15 is 0 Å². The molecular formula is C27H33N5O5. The average molecular weight is 508 g/mol. The monoisotopic (exact) mass is 507 g/mol. The predicted octanol–water partition coefficient (Wildman–Crippen LogP) is 3.25. The van der Waals surface area contributed by atoms with E-state index in [-0.39, 0.29) is 18.8 Å². The van der Waals surface area contributed by atoms with E-state index in [1.165, 1.54) is 0 Å². The van der Waals surface area contributed by atoms with E-state index in [1.54, 1.807) is 44.3 Å². The van der Waals surface area contributed by atoms with Crippen molar-refractivity contribution in [3.8, 4) is 5.75 Å². The summed E-state index contributed by atoms with van der Waals surface area (Å²) in [6.07, 6.45) is 1.56. The van der Waals surface area contributed by atoms with Crippen molar-refractivity contribution in [2.75, 3.05) is 31.2 Å². The summed E-state index contributed by atoms with van der Waals surface area (Å²) >= 11 is 0. The summed E-state index contributed by atoms with van der Waals surface area (Å²) in [5, 5.41) is 9.33. The van der Waals surface area contributed by atoms with E-state index in [0.717, 1.165) is 24.3 Å². The van der Waals surface area contributed by atoms with Gasteiger partial charge in [-0.25, -0.2) is 15.0 Å². The zero-order valence-electron chi connectivity index (χ0n) is 21.5. The Morgan fingerprint density at radius 3 is 2.46 bits per heavy atom. The molecule has 3 amide bonds. The Labute approximate surface area is 216 Å². The van der Waals surface area contributed by atoms with Gasteiger partial charge in [-0.2, -0.15) is 5.10 Å². The average Bonchev–Trinajstić information content (AvgIpc) is 2.89. The second-order valence-electron chi connectivity index (χ2n) is 8.17. The number of allylic oxidation sites excluding steroid dienone is 1. The van der Waals surface area contributed by atoms with Crippen molar-refractivity contribution in [2.24, 2.45) is 5.10 Å². The topological polar surface area (TPSA) is 121 Å². The second kappa shape index (κ2) is 13.1. The molecule has 0 fully saturated rings. The molecular weight excluding hydrogens is 474 g/mol. The molecule has 0 saturated carbocycles. The molecule has 1 aliphatic rings. The molecule has 0 bridgehead atoms. The summed E-state index contributed by atoms with van der Waals surface area (Å²) in [6, 6.07) is 13.5. The van der Waals surface area contributed by atoms with E-state index in [1.807, 2.05) is 24.3 Å². The minimum absolute atomic E-state index is 0.190.